The summed E-state index contributed by atoms with van der Waals surface area (Å²) in [5.74, 6) is 0.265. The van der Waals surface area contributed by atoms with Crippen molar-refractivity contribution in [2.45, 2.75) is 11.5 Å². The molecule has 0 unspecified atom stereocenters. The molecule has 1 N–H and O–H groups in total. The molecule has 0 bridgehead atoms. The van der Waals surface area contributed by atoms with Gasteiger partial charge in [-0.05, 0) is 18.2 Å². The number of hydrogen-bond donors (Lipinski definition) is 2. The van der Waals surface area contributed by atoms with Crippen LogP contribution in [0.1, 0.15) is 5.76 Å². The second-order valence-electron chi connectivity index (χ2n) is 2.92. The van der Waals surface area contributed by atoms with Crippen molar-refractivity contribution >= 4 is 23.6 Å². The molecule has 0 atom stereocenters. The number of rotatable bonds is 1. The molecule has 2 aromatic rings. The van der Waals surface area contributed by atoms with Crippen molar-refractivity contribution in [2.75, 3.05) is 0 Å². The van der Waals surface area contributed by atoms with Crippen LogP contribution in [0.25, 0.3) is 11.0 Å². The largest absolute Gasteiger partial charge is 0.458 e. The molecule has 0 spiro atoms. The van der Waals surface area contributed by atoms with Crippen LogP contribution >= 0.6 is 12.6 Å². The van der Waals surface area contributed by atoms with E-state index in [0.29, 0.717) is 11.0 Å². The minimum atomic E-state index is -0.276. The summed E-state index contributed by atoms with van der Waals surface area (Å²) in [4.78, 5) is 12.2. The highest BCUT2D eigenvalue weighted by Crippen LogP contribution is 2.16. The number of hydrogen-bond acceptors (Lipinski definition) is 4. The third-order valence-electron chi connectivity index (χ3n) is 1.92. The van der Waals surface area contributed by atoms with E-state index in [1.807, 2.05) is 0 Å². The maximum Gasteiger partial charge on any atom is 0.193 e. The van der Waals surface area contributed by atoms with Gasteiger partial charge in [0.1, 0.15) is 18.0 Å². The van der Waals surface area contributed by atoms with Crippen LogP contribution in [0.2, 0.25) is 0 Å². The molecule has 1 heterocycles. The van der Waals surface area contributed by atoms with Crippen molar-refractivity contribution in [2.24, 2.45) is 0 Å². The van der Waals surface area contributed by atoms with Crippen LogP contribution in [0.3, 0.4) is 0 Å². The van der Waals surface area contributed by atoms with E-state index < -0.39 is 0 Å². The number of aliphatic hydroxyl groups excluding tert-OH is 1. The third kappa shape index (κ3) is 1.54. The Bertz CT molecular complexity index is 530. The zero-order valence-electron chi connectivity index (χ0n) is 7.23. The molecule has 0 saturated carbocycles. The normalized spacial score (nSPS) is 10.7. The van der Waals surface area contributed by atoms with Crippen LogP contribution in [0.4, 0.5) is 0 Å². The number of aliphatic hydroxyl groups is 1. The maximum absolute atomic E-state index is 11.5. The van der Waals surface area contributed by atoms with Crippen molar-refractivity contribution < 1.29 is 9.52 Å². The Balaban J connectivity index is 2.84. The third-order valence-corrected chi connectivity index (χ3v) is 2.20. The minimum Gasteiger partial charge on any atom is -0.458 e. The summed E-state index contributed by atoms with van der Waals surface area (Å²) >= 11 is 4.13. The molecule has 0 aliphatic rings. The van der Waals surface area contributed by atoms with Crippen LogP contribution in [0.5, 0.6) is 0 Å². The fourth-order valence-electron chi connectivity index (χ4n) is 1.27. The molecule has 72 valence electrons. The van der Waals surface area contributed by atoms with Gasteiger partial charge < -0.3 is 9.52 Å². The van der Waals surface area contributed by atoms with Crippen molar-refractivity contribution in [1.29, 1.82) is 0 Å². The highest BCUT2D eigenvalue weighted by Gasteiger charge is 2.03. The highest BCUT2D eigenvalue weighted by atomic mass is 32.1. The van der Waals surface area contributed by atoms with Gasteiger partial charge in [-0.3, -0.25) is 4.79 Å². The number of thiol groups is 1. The van der Waals surface area contributed by atoms with E-state index in [2.05, 4.69) is 12.6 Å². The van der Waals surface area contributed by atoms with E-state index in [4.69, 9.17) is 9.52 Å². The zero-order chi connectivity index (χ0) is 10.1. The first-order valence-corrected chi connectivity index (χ1v) is 4.52. The SMILES string of the molecule is O=c1cc(CO)oc2cc(S)ccc12. The quantitative estimate of drug-likeness (QED) is 0.699. The lowest BCUT2D eigenvalue weighted by Gasteiger charge is -2.00. The molecule has 0 aliphatic heterocycles. The van der Waals surface area contributed by atoms with E-state index in [1.54, 1.807) is 18.2 Å². The van der Waals surface area contributed by atoms with Crippen LogP contribution in [-0.4, -0.2) is 5.11 Å². The van der Waals surface area contributed by atoms with Gasteiger partial charge in [0, 0.05) is 11.0 Å². The molecule has 0 amide bonds. The average Bonchev–Trinajstić information content (AvgIpc) is 2.16. The van der Waals surface area contributed by atoms with Crippen LogP contribution in [0.15, 0.2) is 38.4 Å². The zero-order valence-corrected chi connectivity index (χ0v) is 8.12. The van der Waals surface area contributed by atoms with Crippen LogP contribution < -0.4 is 5.43 Å². The lowest BCUT2D eigenvalue weighted by atomic mass is 10.2. The molecule has 2 rings (SSSR count). The van der Waals surface area contributed by atoms with Gasteiger partial charge in [0.2, 0.25) is 0 Å². The monoisotopic (exact) mass is 208 g/mol. The predicted octanol–water partition coefficient (Wildman–Crippen LogP) is 1.57. The van der Waals surface area contributed by atoms with Gasteiger partial charge in [-0.15, -0.1) is 12.6 Å². The second-order valence-corrected chi connectivity index (χ2v) is 3.43. The van der Waals surface area contributed by atoms with Crippen LogP contribution in [0, 0.1) is 0 Å². The van der Waals surface area contributed by atoms with E-state index in [1.165, 1.54) is 6.07 Å². The Labute approximate surface area is 85.4 Å². The predicted molar refractivity (Wildman–Crippen MR) is 55.7 cm³/mol. The van der Waals surface area contributed by atoms with Crippen molar-refractivity contribution in [3.05, 3.63) is 40.2 Å². The highest BCUT2D eigenvalue weighted by molar-refractivity contribution is 7.80. The first kappa shape index (κ1) is 9.30. The van der Waals surface area contributed by atoms with Gasteiger partial charge in [-0.25, -0.2) is 0 Å². The molecule has 0 aliphatic carbocycles. The van der Waals surface area contributed by atoms with Gasteiger partial charge in [-0.1, -0.05) is 0 Å². The molecule has 3 nitrogen and oxygen atoms in total. The van der Waals surface area contributed by atoms with E-state index in [-0.39, 0.29) is 17.8 Å². The molecular formula is C10H8O3S. The Morgan fingerprint density at radius 2 is 2.14 bits per heavy atom. The second kappa shape index (κ2) is 3.48. The molecule has 0 fully saturated rings. The Hall–Kier alpha value is -1.26. The molecule has 1 aromatic carbocycles. The fraction of sp³-hybridized carbons (Fsp3) is 0.100. The summed E-state index contributed by atoms with van der Waals surface area (Å²) in [6.45, 7) is -0.276. The topological polar surface area (TPSA) is 50.4 Å². The Morgan fingerprint density at radius 1 is 1.36 bits per heavy atom. The maximum atomic E-state index is 11.5. The fourth-order valence-corrected chi connectivity index (χ4v) is 1.46. The molecule has 4 heteroatoms. The van der Waals surface area contributed by atoms with E-state index in [0.717, 1.165) is 4.90 Å². The number of benzene rings is 1. The molecule has 0 radical (unpaired) electrons. The summed E-state index contributed by atoms with van der Waals surface area (Å²) in [6, 6.07) is 6.32. The molecule has 14 heavy (non-hydrogen) atoms. The van der Waals surface area contributed by atoms with Gasteiger partial charge >= 0.3 is 0 Å². The van der Waals surface area contributed by atoms with Crippen molar-refractivity contribution in [3.63, 3.8) is 0 Å². The summed E-state index contributed by atoms with van der Waals surface area (Å²) in [5.41, 5.74) is 0.303. The van der Waals surface area contributed by atoms with Crippen molar-refractivity contribution in [1.82, 2.24) is 0 Å². The van der Waals surface area contributed by atoms with E-state index >= 15 is 0 Å². The molecule has 1 aromatic heterocycles. The minimum absolute atomic E-state index is 0.149. The summed E-state index contributed by atoms with van der Waals surface area (Å²) in [5, 5.41) is 9.34. The lowest BCUT2D eigenvalue weighted by Crippen LogP contribution is -2.01. The summed E-state index contributed by atoms with van der Waals surface area (Å²) in [6.07, 6.45) is 0. The average molecular weight is 208 g/mol. The van der Waals surface area contributed by atoms with Gasteiger partial charge in [0.25, 0.3) is 0 Å². The van der Waals surface area contributed by atoms with E-state index in [9.17, 15) is 4.79 Å². The number of fused-ring (bicyclic) bond motifs is 1. The van der Waals surface area contributed by atoms with Crippen LogP contribution in [-0.2, 0) is 6.61 Å². The summed E-state index contributed by atoms with van der Waals surface area (Å²) < 4.78 is 5.27. The Morgan fingerprint density at radius 3 is 2.86 bits per heavy atom. The van der Waals surface area contributed by atoms with Gasteiger partial charge in [0.15, 0.2) is 5.43 Å². The lowest BCUT2D eigenvalue weighted by molar-refractivity contribution is 0.249. The first-order chi connectivity index (χ1) is 6.70. The standard InChI is InChI=1S/C10H8O3S/c11-5-6-3-9(12)8-2-1-7(14)4-10(8)13-6/h1-4,11,14H,5H2. The first-order valence-electron chi connectivity index (χ1n) is 4.07. The molecule has 0 saturated heterocycles. The van der Waals surface area contributed by atoms with Crippen molar-refractivity contribution in [3.8, 4) is 0 Å². The Kier molecular flexibility index (Phi) is 2.31. The summed E-state index contributed by atoms with van der Waals surface area (Å²) in [7, 11) is 0. The van der Waals surface area contributed by atoms with Gasteiger partial charge in [0.05, 0.1) is 5.39 Å². The molecular weight excluding hydrogens is 200 g/mol. The van der Waals surface area contributed by atoms with Gasteiger partial charge in [-0.2, -0.15) is 0 Å². The smallest absolute Gasteiger partial charge is 0.193 e.